The fourth-order valence-corrected chi connectivity index (χ4v) is 0.554. The third-order valence-corrected chi connectivity index (χ3v) is 1.19. The molecule has 2 N–H and O–H groups in total. The molecule has 0 saturated heterocycles. The van der Waals surface area contributed by atoms with Gasteiger partial charge < -0.3 is 15.3 Å². The molecule has 0 aromatic rings. The minimum Gasteiger partial charge on any atom is -0.478 e. The molecular weight excluding hydrogens is 144 g/mol. The highest BCUT2D eigenvalue weighted by Gasteiger charge is 1.90. The molecule has 4 nitrogen and oxygen atoms in total. The van der Waals surface area contributed by atoms with E-state index in [-0.39, 0.29) is 0 Å². The van der Waals surface area contributed by atoms with Crippen LogP contribution < -0.4 is 5.32 Å². The summed E-state index contributed by atoms with van der Waals surface area (Å²) < 4.78 is 0. The van der Waals surface area contributed by atoms with Crippen LogP contribution in [0.1, 0.15) is 0 Å². The monoisotopic (exact) mass is 158 g/mol. The predicted molar refractivity (Wildman–Crippen MR) is 43.3 cm³/mol. The molecular formula is C7H14N2O2. The standard InChI is InChI=1S/C7H14N2O2/c1-8-4-6-9(2)5-3-7(10)11/h3,5,8H,4,6H2,1-2H3,(H,10,11). The highest BCUT2D eigenvalue weighted by molar-refractivity contribution is 5.79. The molecule has 0 aliphatic heterocycles. The summed E-state index contributed by atoms with van der Waals surface area (Å²) in [6.45, 7) is 1.65. The fraction of sp³-hybridized carbons (Fsp3) is 0.571. The minimum absolute atomic E-state index is 0.806. The second kappa shape index (κ2) is 5.73. The van der Waals surface area contributed by atoms with Crippen LogP contribution in [0.15, 0.2) is 12.3 Å². The van der Waals surface area contributed by atoms with Crippen molar-refractivity contribution in [2.75, 3.05) is 27.2 Å². The van der Waals surface area contributed by atoms with Crippen molar-refractivity contribution in [3.05, 3.63) is 12.3 Å². The molecule has 0 radical (unpaired) electrons. The molecule has 0 aromatic carbocycles. The van der Waals surface area contributed by atoms with Gasteiger partial charge >= 0.3 is 5.97 Å². The Morgan fingerprint density at radius 2 is 2.36 bits per heavy atom. The van der Waals surface area contributed by atoms with Gasteiger partial charge in [-0.05, 0) is 7.05 Å². The van der Waals surface area contributed by atoms with Gasteiger partial charge in [-0.15, -0.1) is 0 Å². The van der Waals surface area contributed by atoms with E-state index in [1.807, 2.05) is 19.0 Å². The Morgan fingerprint density at radius 1 is 1.73 bits per heavy atom. The Kier molecular flexibility index (Phi) is 5.20. The third kappa shape index (κ3) is 6.86. The number of nitrogens with zero attached hydrogens (tertiary/aromatic N) is 1. The molecule has 0 atom stereocenters. The topological polar surface area (TPSA) is 52.6 Å². The third-order valence-electron chi connectivity index (χ3n) is 1.19. The van der Waals surface area contributed by atoms with E-state index < -0.39 is 5.97 Å². The number of rotatable bonds is 5. The molecule has 0 aliphatic carbocycles. The SMILES string of the molecule is CNCCN(C)C=CC(=O)O. The number of hydrogen-bond donors (Lipinski definition) is 2. The first-order valence-corrected chi connectivity index (χ1v) is 3.42. The van der Waals surface area contributed by atoms with E-state index in [1.165, 1.54) is 0 Å². The highest BCUT2D eigenvalue weighted by atomic mass is 16.4. The maximum atomic E-state index is 10.0. The summed E-state index contributed by atoms with van der Waals surface area (Å²) in [5, 5.41) is 11.2. The number of aliphatic carboxylic acids is 1. The van der Waals surface area contributed by atoms with Crippen LogP contribution in [-0.2, 0) is 4.79 Å². The first kappa shape index (κ1) is 9.97. The van der Waals surface area contributed by atoms with E-state index in [1.54, 1.807) is 6.20 Å². The number of carboxylic acids is 1. The van der Waals surface area contributed by atoms with Gasteiger partial charge in [0.25, 0.3) is 0 Å². The van der Waals surface area contributed by atoms with E-state index in [4.69, 9.17) is 5.11 Å². The van der Waals surface area contributed by atoms with Gasteiger partial charge in [0.15, 0.2) is 0 Å². The maximum absolute atomic E-state index is 10.0. The molecule has 11 heavy (non-hydrogen) atoms. The zero-order chi connectivity index (χ0) is 8.69. The molecule has 0 fully saturated rings. The van der Waals surface area contributed by atoms with Crippen molar-refractivity contribution in [1.82, 2.24) is 10.2 Å². The highest BCUT2D eigenvalue weighted by Crippen LogP contribution is 1.82. The summed E-state index contributed by atoms with van der Waals surface area (Å²) in [7, 11) is 3.69. The van der Waals surface area contributed by atoms with Gasteiger partial charge in [-0.2, -0.15) is 0 Å². The quantitative estimate of drug-likeness (QED) is 0.541. The molecule has 64 valence electrons. The Morgan fingerprint density at radius 3 is 2.82 bits per heavy atom. The fourth-order valence-electron chi connectivity index (χ4n) is 0.554. The van der Waals surface area contributed by atoms with Crippen molar-refractivity contribution in [2.24, 2.45) is 0 Å². The molecule has 4 heteroatoms. The van der Waals surface area contributed by atoms with Crippen molar-refractivity contribution in [2.45, 2.75) is 0 Å². The van der Waals surface area contributed by atoms with Crippen LogP contribution in [0.25, 0.3) is 0 Å². The van der Waals surface area contributed by atoms with Crippen molar-refractivity contribution < 1.29 is 9.90 Å². The molecule has 0 aromatic heterocycles. The normalized spacial score (nSPS) is 10.4. The lowest BCUT2D eigenvalue weighted by Crippen LogP contribution is -2.23. The van der Waals surface area contributed by atoms with Crippen molar-refractivity contribution >= 4 is 5.97 Å². The average Bonchev–Trinajstić information content (AvgIpc) is 1.97. The first-order chi connectivity index (χ1) is 5.16. The largest absolute Gasteiger partial charge is 0.478 e. The Bertz CT molecular complexity index is 145. The number of likely N-dealkylation sites (N-methyl/N-ethyl adjacent to an activating group) is 2. The van der Waals surface area contributed by atoms with Crippen LogP contribution in [0.3, 0.4) is 0 Å². The second-order valence-corrected chi connectivity index (χ2v) is 2.24. The molecule has 0 unspecified atom stereocenters. The molecule has 0 aliphatic rings. The van der Waals surface area contributed by atoms with Crippen molar-refractivity contribution in [3.8, 4) is 0 Å². The predicted octanol–water partition coefficient (Wildman–Crippen LogP) is -0.264. The van der Waals surface area contributed by atoms with Crippen LogP contribution in [0.2, 0.25) is 0 Å². The first-order valence-electron chi connectivity index (χ1n) is 3.42. The number of carbonyl (C=O) groups is 1. The van der Waals surface area contributed by atoms with Gasteiger partial charge in [0, 0.05) is 32.4 Å². The smallest absolute Gasteiger partial charge is 0.329 e. The Labute approximate surface area is 66.5 Å². The van der Waals surface area contributed by atoms with Gasteiger partial charge in [0.2, 0.25) is 0 Å². The van der Waals surface area contributed by atoms with Crippen LogP contribution in [0.5, 0.6) is 0 Å². The van der Waals surface area contributed by atoms with Crippen molar-refractivity contribution in [1.29, 1.82) is 0 Å². The van der Waals surface area contributed by atoms with E-state index in [2.05, 4.69) is 5.32 Å². The van der Waals surface area contributed by atoms with Gasteiger partial charge in [-0.25, -0.2) is 4.79 Å². The maximum Gasteiger partial charge on any atom is 0.329 e. The molecule has 0 saturated carbocycles. The summed E-state index contributed by atoms with van der Waals surface area (Å²) in [5.41, 5.74) is 0. The van der Waals surface area contributed by atoms with Crippen LogP contribution >= 0.6 is 0 Å². The van der Waals surface area contributed by atoms with E-state index in [0.717, 1.165) is 19.2 Å². The van der Waals surface area contributed by atoms with Crippen LogP contribution in [0.4, 0.5) is 0 Å². The zero-order valence-corrected chi connectivity index (χ0v) is 6.87. The second-order valence-electron chi connectivity index (χ2n) is 2.24. The van der Waals surface area contributed by atoms with E-state index in [0.29, 0.717) is 0 Å². The van der Waals surface area contributed by atoms with Crippen LogP contribution in [-0.4, -0.2) is 43.2 Å². The molecule has 0 rings (SSSR count). The molecule has 0 heterocycles. The molecule has 0 spiro atoms. The lowest BCUT2D eigenvalue weighted by atomic mass is 10.5. The summed E-state index contributed by atoms with van der Waals surface area (Å²) in [5.74, 6) is -0.915. The number of hydrogen-bond acceptors (Lipinski definition) is 3. The summed E-state index contributed by atoms with van der Waals surface area (Å²) in [4.78, 5) is 11.9. The zero-order valence-electron chi connectivity index (χ0n) is 6.87. The van der Waals surface area contributed by atoms with Crippen LogP contribution in [0, 0.1) is 0 Å². The van der Waals surface area contributed by atoms with Gasteiger partial charge in [-0.3, -0.25) is 0 Å². The summed E-state index contributed by atoms with van der Waals surface area (Å²) >= 11 is 0. The lowest BCUT2D eigenvalue weighted by molar-refractivity contribution is -0.131. The summed E-state index contributed by atoms with van der Waals surface area (Å²) in [6.07, 6.45) is 2.66. The van der Waals surface area contributed by atoms with Gasteiger partial charge in [0.05, 0.1) is 0 Å². The Hall–Kier alpha value is -1.03. The number of carboxylic acid groups (broad SMARTS) is 1. The van der Waals surface area contributed by atoms with Gasteiger partial charge in [0.1, 0.15) is 0 Å². The lowest BCUT2D eigenvalue weighted by Gasteiger charge is -2.11. The number of nitrogens with one attached hydrogen (secondary N) is 1. The molecule has 0 bridgehead atoms. The van der Waals surface area contributed by atoms with Gasteiger partial charge in [-0.1, -0.05) is 0 Å². The average molecular weight is 158 g/mol. The Balaban J connectivity index is 3.50. The van der Waals surface area contributed by atoms with E-state index in [9.17, 15) is 4.79 Å². The molecule has 0 amide bonds. The van der Waals surface area contributed by atoms with E-state index >= 15 is 0 Å². The minimum atomic E-state index is -0.915. The van der Waals surface area contributed by atoms with Crippen molar-refractivity contribution in [3.63, 3.8) is 0 Å². The summed E-state index contributed by atoms with van der Waals surface area (Å²) in [6, 6.07) is 0.